The second kappa shape index (κ2) is 10.0. The lowest BCUT2D eigenvalue weighted by molar-refractivity contribution is -0.123. The average molecular weight is 525 g/mol. The van der Waals surface area contributed by atoms with Crippen LogP contribution in [0.15, 0.2) is 41.3 Å². The van der Waals surface area contributed by atoms with Gasteiger partial charge < -0.3 is 24.3 Å². The number of hydrogen-bond donors (Lipinski definition) is 1. The van der Waals surface area contributed by atoms with E-state index in [1.807, 2.05) is 0 Å². The van der Waals surface area contributed by atoms with Crippen LogP contribution in [0.4, 0.5) is 5.69 Å². The van der Waals surface area contributed by atoms with E-state index < -0.39 is 28.0 Å². The fraction of sp³-hybridized carbons (Fsp3) is 0.391. The minimum atomic E-state index is -3.99. The molecule has 2 aliphatic rings. The van der Waals surface area contributed by atoms with Gasteiger partial charge in [0, 0.05) is 24.8 Å². The summed E-state index contributed by atoms with van der Waals surface area (Å²) in [5.74, 6) is -0.381. The van der Waals surface area contributed by atoms with Gasteiger partial charge in [-0.15, -0.1) is 0 Å². The summed E-state index contributed by atoms with van der Waals surface area (Å²) >= 11 is 6.19. The summed E-state index contributed by atoms with van der Waals surface area (Å²) in [6.07, 6.45) is -1.74. The lowest BCUT2D eigenvalue weighted by atomic mass is 10.2. The number of benzene rings is 2. The highest BCUT2D eigenvalue weighted by atomic mass is 35.5. The van der Waals surface area contributed by atoms with Gasteiger partial charge >= 0.3 is 5.97 Å². The standard InChI is InChI=1S/C23H25ClN2O8S/c1-13-10-26(11-14(2)33-13)35(29,30)21-8-16(4-6-18(21)24)23(28)34-15(3)22(27)25-17-5-7-19-20(9-17)32-12-31-19/h4-9,13-15H,10-12H2,1-3H3,(H,25,27)/t13-,14-,15+/m0/s1. The number of carbonyl (C=O) groups is 2. The Morgan fingerprint density at radius 1 is 1.09 bits per heavy atom. The highest BCUT2D eigenvalue weighted by Gasteiger charge is 2.34. The van der Waals surface area contributed by atoms with E-state index in [1.54, 1.807) is 32.0 Å². The molecule has 2 heterocycles. The number of nitrogens with one attached hydrogen (secondary N) is 1. The second-order valence-electron chi connectivity index (χ2n) is 8.33. The van der Waals surface area contributed by atoms with Crippen LogP contribution in [0.1, 0.15) is 31.1 Å². The Morgan fingerprint density at radius 2 is 1.77 bits per heavy atom. The summed E-state index contributed by atoms with van der Waals surface area (Å²) < 4.78 is 49.1. The molecular weight excluding hydrogens is 500 g/mol. The predicted molar refractivity (Wildman–Crippen MR) is 126 cm³/mol. The predicted octanol–water partition coefficient (Wildman–Crippen LogP) is 3.05. The molecule has 2 aromatic carbocycles. The number of fused-ring (bicyclic) bond motifs is 1. The van der Waals surface area contributed by atoms with Crippen LogP contribution in [0.5, 0.6) is 11.5 Å². The molecule has 1 saturated heterocycles. The topological polar surface area (TPSA) is 120 Å². The molecular formula is C23H25ClN2O8S. The third-order valence-electron chi connectivity index (χ3n) is 5.46. The molecule has 0 spiro atoms. The Morgan fingerprint density at radius 3 is 2.49 bits per heavy atom. The van der Waals surface area contributed by atoms with E-state index in [0.29, 0.717) is 17.2 Å². The first-order valence-corrected chi connectivity index (χ1v) is 12.7. The molecule has 0 saturated carbocycles. The molecule has 35 heavy (non-hydrogen) atoms. The number of nitrogens with zero attached hydrogens (tertiary/aromatic N) is 1. The fourth-order valence-corrected chi connectivity index (χ4v) is 5.89. The van der Waals surface area contributed by atoms with Gasteiger partial charge in [-0.3, -0.25) is 4.79 Å². The minimum absolute atomic E-state index is 0.0260. The van der Waals surface area contributed by atoms with E-state index in [2.05, 4.69) is 5.32 Å². The quantitative estimate of drug-likeness (QED) is 0.572. The van der Waals surface area contributed by atoms with Gasteiger partial charge in [-0.1, -0.05) is 11.6 Å². The fourth-order valence-electron chi connectivity index (χ4n) is 3.79. The maximum Gasteiger partial charge on any atom is 0.338 e. The van der Waals surface area contributed by atoms with E-state index in [0.717, 1.165) is 6.07 Å². The zero-order valence-electron chi connectivity index (χ0n) is 19.3. The van der Waals surface area contributed by atoms with E-state index in [-0.39, 0.29) is 47.6 Å². The highest BCUT2D eigenvalue weighted by Crippen LogP contribution is 2.34. The number of hydrogen-bond acceptors (Lipinski definition) is 8. The molecule has 2 aliphatic heterocycles. The number of halogens is 1. The van der Waals surface area contributed by atoms with Crippen molar-refractivity contribution < 1.29 is 37.0 Å². The molecule has 1 amide bonds. The SMILES string of the molecule is C[C@H]1CN(S(=O)(=O)c2cc(C(=O)O[C@H](C)C(=O)Nc3ccc4c(c3)OCO4)ccc2Cl)C[C@H](C)O1. The average Bonchev–Trinajstić information content (AvgIpc) is 3.26. The molecule has 188 valence electrons. The van der Waals surface area contributed by atoms with Gasteiger partial charge in [-0.25, -0.2) is 13.2 Å². The third kappa shape index (κ3) is 5.53. The molecule has 10 nitrogen and oxygen atoms in total. The van der Waals surface area contributed by atoms with Crippen molar-refractivity contribution in [3.05, 3.63) is 47.0 Å². The molecule has 3 atom stereocenters. The number of rotatable bonds is 6. The highest BCUT2D eigenvalue weighted by molar-refractivity contribution is 7.89. The maximum absolute atomic E-state index is 13.2. The van der Waals surface area contributed by atoms with Gasteiger partial charge in [-0.2, -0.15) is 4.31 Å². The van der Waals surface area contributed by atoms with Gasteiger partial charge in [0.15, 0.2) is 17.6 Å². The van der Waals surface area contributed by atoms with Gasteiger partial charge in [0.1, 0.15) is 4.90 Å². The summed E-state index contributed by atoms with van der Waals surface area (Å²) in [5, 5.41) is 2.61. The Bertz CT molecular complexity index is 1240. The molecule has 0 aromatic heterocycles. The van der Waals surface area contributed by atoms with Crippen LogP contribution in [0.3, 0.4) is 0 Å². The molecule has 12 heteroatoms. The van der Waals surface area contributed by atoms with Crippen molar-refractivity contribution in [1.29, 1.82) is 0 Å². The lowest BCUT2D eigenvalue weighted by Gasteiger charge is -2.34. The number of ether oxygens (including phenoxy) is 4. The smallest absolute Gasteiger partial charge is 0.338 e. The van der Waals surface area contributed by atoms with Crippen LogP contribution in [0, 0.1) is 0 Å². The van der Waals surface area contributed by atoms with Gasteiger partial charge in [-0.05, 0) is 51.1 Å². The van der Waals surface area contributed by atoms with Gasteiger partial charge in [0.25, 0.3) is 5.91 Å². The van der Waals surface area contributed by atoms with E-state index in [1.165, 1.54) is 23.4 Å². The van der Waals surface area contributed by atoms with Crippen LogP contribution in [0.2, 0.25) is 5.02 Å². The van der Waals surface area contributed by atoms with Crippen LogP contribution < -0.4 is 14.8 Å². The molecule has 1 N–H and O–H groups in total. The normalized spacial score (nSPS) is 20.8. The summed E-state index contributed by atoms with van der Waals surface area (Å²) in [6, 6.07) is 8.70. The van der Waals surface area contributed by atoms with Crippen LogP contribution in [-0.4, -0.2) is 62.8 Å². The van der Waals surface area contributed by atoms with Crippen LogP contribution >= 0.6 is 11.6 Å². The Labute approximate surface area is 208 Å². The van der Waals surface area contributed by atoms with Crippen molar-refractivity contribution in [2.24, 2.45) is 0 Å². The van der Waals surface area contributed by atoms with Crippen LogP contribution in [0.25, 0.3) is 0 Å². The van der Waals surface area contributed by atoms with E-state index in [9.17, 15) is 18.0 Å². The Hall–Kier alpha value is -2.86. The maximum atomic E-state index is 13.2. The number of amides is 1. The van der Waals surface area contributed by atoms with Crippen molar-refractivity contribution in [2.75, 3.05) is 25.2 Å². The van der Waals surface area contributed by atoms with E-state index in [4.69, 9.17) is 30.5 Å². The number of morpholine rings is 1. The first kappa shape index (κ1) is 25.2. The molecule has 0 radical (unpaired) electrons. The van der Waals surface area contributed by atoms with Crippen molar-refractivity contribution in [3.63, 3.8) is 0 Å². The van der Waals surface area contributed by atoms with Crippen molar-refractivity contribution >= 4 is 39.2 Å². The minimum Gasteiger partial charge on any atom is -0.454 e. The van der Waals surface area contributed by atoms with Crippen LogP contribution in [-0.2, 0) is 24.3 Å². The zero-order valence-corrected chi connectivity index (χ0v) is 20.9. The molecule has 2 aromatic rings. The zero-order chi connectivity index (χ0) is 25.3. The Balaban J connectivity index is 1.46. The Kier molecular flexibility index (Phi) is 7.22. The molecule has 4 rings (SSSR count). The molecule has 0 bridgehead atoms. The van der Waals surface area contributed by atoms with Crippen molar-refractivity contribution in [1.82, 2.24) is 4.31 Å². The summed E-state index contributed by atoms with van der Waals surface area (Å²) in [6.45, 7) is 5.39. The van der Waals surface area contributed by atoms with Crippen molar-refractivity contribution in [2.45, 2.75) is 44.0 Å². The molecule has 0 aliphatic carbocycles. The van der Waals surface area contributed by atoms with Gasteiger partial charge in [0.2, 0.25) is 16.8 Å². The number of anilines is 1. The monoisotopic (exact) mass is 524 g/mol. The summed E-state index contributed by atoms with van der Waals surface area (Å²) in [5.41, 5.74) is 0.390. The second-order valence-corrected chi connectivity index (χ2v) is 10.6. The number of esters is 1. The summed E-state index contributed by atoms with van der Waals surface area (Å²) in [7, 11) is -3.99. The third-order valence-corrected chi connectivity index (χ3v) is 7.78. The molecule has 0 unspecified atom stereocenters. The number of carbonyl (C=O) groups excluding carboxylic acids is 2. The van der Waals surface area contributed by atoms with Crippen molar-refractivity contribution in [3.8, 4) is 11.5 Å². The first-order valence-electron chi connectivity index (χ1n) is 10.9. The largest absolute Gasteiger partial charge is 0.454 e. The lowest BCUT2D eigenvalue weighted by Crippen LogP contribution is -2.48. The summed E-state index contributed by atoms with van der Waals surface area (Å²) in [4.78, 5) is 25.0. The first-order chi connectivity index (χ1) is 16.5. The van der Waals surface area contributed by atoms with E-state index >= 15 is 0 Å². The van der Waals surface area contributed by atoms with Gasteiger partial charge in [0.05, 0.1) is 22.8 Å². The molecule has 1 fully saturated rings. The number of sulfonamides is 1.